The van der Waals surface area contributed by atoms with E-state index in [-0.39, 0.29) is 12.1 Å². The van der Waals surface area contributed by atoms with Crippen molar-refractivity contribution in [1.82, 2.24) is 0 Å². The number of hydrogen-bond donors (Lipinski definition) is 0. The zero-order valence-electron chi connectivity index (χ0n) is 15.5. The van der Waals surface area contributed by atoms with E-state index in [2.05, 4.69) is 36.4 Å². The van der Waals surface area contributed by atoms with Crippen LogP contribution in [0, 0.1) is 34.5 Å². The first-order valence-electron chi connectivity index (χ1n) is 10.1. The molecule has 0 heterocycles. The summed E-state index contributed by atoms with van der Waals surface area (Å²) >= 11 is 2.55. The van der Waals surface area contributed by atoms with Gasteiger partial charge in [0.2, 0.25) is 0 Å². The number of esters is 1. The molecule has 8 unspecified atom stereocenters. The summed E-state index contributed by atoms with van der Waals surface area (Å²) in [6, 6.07) is 0. The molecule has 0 aromatic carbocycles. The molecule has 0 aromatic rings. The molecule has 4 aliphatic carbocycles. The van der Waals surface area contributed by atoms with Crippen LogP contribution in [0.1, 0.15) is 78.6 Å². The monoisotopic (exact) mass is 444 g/mol. The van der Waals surface area contributed by atoms with Crippen LogP contribution >= 0.6 is 22.6 Å². The summed E-state index contributed by atoms with van der Waals surface area (Å²) in [5, 5.41) is 0. The van der Waals surface area contributed by atoms with Crippen LogP contribution in [0.3, 0.4) is 0 Å². The molecule has 8 atom stereocenters. The van der Waals surface area contributed by atoms with Gasteiger partial charge in [0.05, 0.1) is 0 Å². The van der Waals surface area contributed by atoms with Crippen LogP contribution in [0.5, 0.6) is 0 Å². The summed E-state index contributed by atoms with van der Waals surface area (Å²) in [4.78, 5) is 11.6. The second-order valence-corrected chi connectivity index (χ2v) is 11.4. The van der Waals surface area contributed by atoms with Gasteiger partial charge >= 0.3 is 5.97 Å². The summed E-state index contributed by atoms with van der Waals surface area (Å²) < 4.78 is 6.26. The lowest BCUT2D eigenvalue weighted by molar-refractivity contribution is -0.159. The van der Waals surface area contributed by atoms with Gasteiger partial charge in [0.15, 0.2) is 0 Å². The lowest BCUT2D eigenvalue weighted by Crippen LogP contribution is -2.55. The molecule has 0 spiro atoms. The van der Waals surface area contributed by atoms with Crippen LogP contribution in [-0.2, 0) is 9.53 Å². The second kappa shape index (κ2) is 6.13. The first-order valence-corrected chi connectivity index (χ1v) is 11.4. The third-order valence-electron chi connectivity index (χ3n) is 8.72. The van der Waals surface area contributed by atoms with E-state index in [1.807, 2.05) is 0 Å². The van der Waals surface area contributed by atoms with Crippen LogP contribution < -0.4 is 0 Å². The maximum absolute atomic E-state index is 11.6. The summed E-state index contributed by atoms with van der Waals surface area (Å²) in [5.41, 5.74) is 1.04. The number of ether oxygens (including phenoxy) is 1. The summed E-state index contributed by atoms with van der Waals surface area (Å²) in [6.07, 6.45) is 12.6. The Morgan fingerprint density at radius 1 is 1.08 bits per heavy atom. The Bertz CT molecular complexity index is 520. The predicted molar refractivity (Wildman–Crippen MR) is 105 cm³/mol. The highest BCUT2D eigenvalue weighted by Crippen LogP contribution is 2.66. The maximum Gasteiger partial charge on any atom is 0.302 e. The van der Waals surface area contributed by atoms with Crippen LogP contribution in [0.2, 0.25) is 0 Å². The molecule has 136 valence electrons. The molecule has 3 heteroatoms. The number of halogens is 1. The molecule has 4 saturated carbocycles. The molecule has 4 rings (SSSR count). The topological polar surface area (TPSA) is 26.3 Å². The van der Waals surface area contributed by atoms with E-state index in [9.17, 15) is 4.79 Å². The van der Waals surface area contributed by atoms with Gasteiger partial charge < -0.3 is 4.74 Å². The highest BCUT2D eigenvalue weighted by molar-refractivity contribution is 14.1. The quantitative estimate of drug-likeness (QED) is 0.292. The zero-order chi connectivity index (χ0) is 17.1. The van der Waals surface area contributed by atoms with E-state index in [1.54, 1.807) is 6.92 Å². The maximum atomic E-state index is 11.6. The van der Waals surface area contributed by atoms with Gasteiger partial charge in [0, 0.05) is 10.8 Å². The normalized spacial score (nSPS) is 53.7. The lowest BCUT2D eigenvalue weighted by Gasteiger charge is -2.61. The molecule has 4 aliphatic rings. The highest BCUT2D eigenvalue weighted by Gasteiger charge is 2.59. The number of hydrogen-bond acceptors (Lipinski definition) is 2. The van der Waals surface area contributed by atoms with Gasteiger partial charge in [-0.2, -0.15) is 0 Å². The fourth-order valence-electron chi connectivity index (χ4n) is 7.55. The number of carbonyl (C=O) groups is 1. The fraction of sp³-hybridized carbons (Fsp3) is 0.952. The summed E-state index contributed by atoms with van der Waals surface area (Å²) in [6.45, 7) is 6.72. The van der Waals surface area contributed by atoms with Crippen molar-refractivity contribution in [2.75, 3.05) is 0 Å². The zero-order valence-corrected chi connectivity index (χ0v) is 17.7. The van der Waals surface area contributed by atoms with E-state index in [0.29, 0.717) is 14.8 Å². The second-order valence-electron chi connectivity index (χ2n) is 9.85. The molecule has 0 saturated heterocycles. The molecule has 0 amide bonds. The Morgan fingerprint density at radius 2 is 1.88 bits per heavy atom. The molecule has 24 heavy (non-hydrogen) atoms. The molecule has 4 fully saturated rings. The van der Waals surface area contributed by atoms with Gasteiger partial charge in [0.1, 0.15) is 6.10 Å². The molecule has 0 aliphatic heterocycles. The fourth-order valence-corrected chi connectivity index (χ4v) is 8.56. The minimum Gasteiger partial charge on any atom is -0.461 e. The van der Waals surface area contributed by atoms with Crippen molar-refractivity contribution >= 4 is 28.6 Å². The Balaban J connectivity index is 1.59. The molecule has 2 nitrogen and oxygen atoms in total. The van der Waals surface area contributed by atoms with Crippen molar-refractivity contribution in [2.24, 2.45) is 34.5 Å². The lowest BCUT2D eigenvalue weighted by atomic mass is 9.45. The average Bonchev–Trinajstić information content (AvgIpc) is 2.90. The standard InChI is InChI=1S/C21H33IO2/c1-13(23)24-19-12-21(3)14(11-18(19)22)6-7-15-16-5-4-9-20(16,2)10-8-17(15)21/h14-19H,4-12H2,1-3H3. The molecule has 0 radical (unpaired) electrons. The number of carbonyl (C=O) groups excluding carboxylic acids is 1. The van der Waals surface area contributed by atoms with Gasteiger partial charge in [-0.15, -0.1) is 0 Å². The Hall–Kier alpha value is 0.200. The molecule has 0 aromatic heterocycles. The SMILES string of the molecule is CC(=O)OC1CC2(C)C(CCC3C4CCCC4(C)CCC32)CC1I. The van der Waals surface area contributed by atoms with Crippen molar-refractivity contribution in [1.29, 1.82) is 0 Å². The van der Waals surface area contributed by atoms with Crippen LogP contribution in [0.4, 0.5) is 0 Å². The summed E-state index contributed by atoms with van der Waals surface area (Å²) in [7, 11) is 0. The Labute approximate surface area is 161 Å². The molecular weight excluding hydrogens is 411 g/mol. The summed E-state index contributed by atoms with van der Waals surface area (Å²) in [5.74, 6) is 3.53. The van der Waals surface area contributed by atoms with E-state index >= 15 is 0 Å². The molecular formula is C21H33IO2. The highest BCUT2D eigenvalue weighted by atomic mass is 127. The molecule has 0 N–H and O–H groups in total. The van der Waals surface area contributed by atoms with Gasteiger partial charge in [-0.05, 0) is 85.9 Å². The minimum atomic E-state index is -0.0944. The number of alkyl halides is 1. The average molecular weight is 444 g/mol. The van der Waals surface area contributed by atoms with Crippen molar-refractivity contribution in [3.63, 3.8) is 0 Å². The Morgan fingerprint density at radius 3 is 2.62 bits per heavy atom. The predicted octanol–water partition coefficient (Wildman–Crippen LogP) is 5.76. The number of fused-ring (bicyclic) bond motifs is 5. The van der Waals surface area contributed by atoms with Crippen molar-refractivity contribution in [2.45, 2.75) is 88.6 Å². The van der Waals surface area contributed by atoms with Crippen LogP contribution in [0.25, 0.3) is 0 Å². The van der Waals surface area contributed by atoms with Gasteiger partial charge in [-0.25, -0.2) is 0 Å². The third-order valence-corrected chi connectivity index (χ3v) is 10.0. The minimum absolute atomic E-state index is 0.0944. The molecule has 0 bridgehead atoms. The van der Waals surface area contributed by atoms with E-state index in [0.717, 1.165) is 30.1 Å². The number of rotatable bonds is 1. The Kier molecular flexibility index (Phi) is 4.49. The van der Waals surface area contributed by atoms with Crippen molar-refractivity contribution in [3.05, 3.63) is 0 Å². The smallest absolute Gasteiger partial charge is 0.302 e. The van der Waals surface area contributed by atoms with Gasteiger partial charge in [-0.1, -0.05) is 42.9 Å². The van der Waals surface area contributed by atoms with Crippen molar-refractivity contribution in [3.8, 4) is 0 Å². The first kappa shape index (κ1) is 17.6. The third kappa shape index (κ3) is 2.66. The van der Waals surface area contributed by atoms with Crippen molar-refractivity contribution < 1.29 is 9.53 Å². The van der Waals surface area contributed by atoms with E-state index < -0.39 is 0 Å². The largest absolute Gasteiger partial charge is 0.461 e. The van der Waals surface area contributed by atoms with E-state index in [1.165, 1.54) is 51.4 Å². The first-order chi connectivity index (χ1) is 11.3. The van der Waals surface area contributed by atoms with E-state index in [4.69, 9.17) is 4.74 Å². The van der Waals surface area contributed by atoms with Crippen LogP contribution in [-0.4, -0.2) is 16.0 Å². The van der Waals surface area contributed by atoms with Crippen LogP contribution in [0.15, 0.2) is 0 Å². The van der Waals surface area contributed by atoms with Gasteiger partial charge in [-0.3, -0.25) is 4.79 Å². The van der Waals surface area contributed by atoms with Gasteiger partial charge in [0.25, 0.3) is 0 Å².